The van der Waals surface area contributed by atoms with Gasteiger partial charge in [0.05, 0.1) is 0 Å². The fourth-order valence-electron chi connectivity index (χ4n) is 3.78. The molecule has 1 saturated heterocycles. The van der Waals surface area contributed by atoms with Crippen LogP contribution in [0.3, 0.4) is 0 Å². The second kappa shape index (κ2) is 10.6. The molecule has 1 aliphatic heterocycles. The molecular formula is C21H32N2O8Si. The molecule has 178 valence electrons. The van der Waals surface area contributed by atoms with Gasteiger partial charge in [0.15, 0.2) is 14.5 Å². The SMILES string of the molecule is C[Si](C)(C)OC1[C@H](n2ccc(=O)[nH]c2=O)O[C@H](COC(=O)OC2/C=C/CCCCC2)[C@H]1O. The van der Waals surface area contributed by atoms with Gasteiger partial charge in [-0.3, -0.25) is 14.3 Å². The highest BCUT2D eigenvalue weighted by Crippen LogP contribution is 2.33. The van der Waals surface area contributed by atoms with E-state index in [-0.39, 0.29) is 12.7 Å². The fourth-order valence-corrected chi connectivity index (χ4v) is 4.85. The second-order valence-electron chi connectivity index (χ2n) is 9.05. The summed E-state index contributed by atoms with van der Waals surface area (Å²) in [6.07, 6.45) is 4.92. The van der Waals surface area contributed by atoms with Gasteiger partial charge in [-0.1, -0.05) is 12.5 Å². The number of hydrogen-bond acceptors (Lipinski definition) is 8. The molecule has 0 saturated carbocycles. The van der Waals surface area contributed by atoms with Crippen molar-refractivity contribution in [1.82, 2.24) is 9.55 Å². The molecule has 1 aromatic heterocycles. The molecule has 2 aliphatic rings. The van der Waals surface area contributed by atoms with Crippen LogP contribution in [0.1, 0.15) is 38.3 Å². The van der Waals surface area contributed by atoms with Crippen molar-refractivity contribution in [2.24, 2.45) is 0 Å². The van der Waals surface area contributed by atoms with Gasteiger partial charge in [-0.15, -0.1) is 0 Å². The van der Waals surface area contributed by atoms with Crippen molar-refractivity contribution in [1.29, 1.82) is 0 Å². The molecule has 2 unspecified atom stereocenters. The first kappa shape index (κ1) is 24.4. The molecule has 1 aromatic rings. The van der Waals surface area contributed by atoms with Gasteiger partial charge in [0.2, 0.25) is 0 Å². The number of carbonyl (C=O) groups is 1. The van der Waals surface area contributed by atoms with Gasteiger partial charge in [0.25, 0.3) is 5.56 Å². The Balaban J connectivity index is 1.67. The van der Waals surface area contributed by atoms with Gasteiger partial charge in [-0.2, -0.15) is 0 Å². The van der Waals surface area contributed by atoms with Gasteiger partial charge >= 0.3 is 11.8 Å². The Labute approximate surface area is 187 Å². The minimum atomic E-state index is -2.15. The Morgan fingerprint density at radius 3 is 2.78 bits per heavy atom. The highest BCUT2D eigenvalue weighted by Gasteiger charge is 2.48. The molecular weight excluding hydrogens is 436 g/mol. The van der Waals surface area contributed by atoms with Crippen molar-refractivity contribution >= 4 is 14.5 Å². The summed E-state index contributed by atoms with van der Waals surface area (Å²) in [6.45, 7) is 5.55. The number of nitrogens with zero attached hydrogens (tertiary/aromatic N) is 1. The minimum absolute atomic E-state index is 0.267. The highest BCUT2D eigenvalue weighted by molar-refractivity contribution is 6.69. The monoisotopic (exact) mass is 468 g/mol. The van der Waals surface area contributed by atoms with Crippen molar-refractivity contribution in [3.63, 3.8) is 0 Å². The molecule has 3 rings (SSSR count). The van der Waals surface area contributed by atoms with E-state index < -0.39 is 50.3 Å². The molecule has 0 radical (unpaired) electrons. The number of allylic oxidation sites excluding steroid dienone is 1. The minimum Gasteiger partial charge on any atom is -0.431 e. The normalized spacial score (nSPS) is 29.7. The van der Waals surface area contributed by atoms with Gasteiger partial charge in [0.1, 0.15) is 31.0 Å². The Morgan fingerprint density at radius 1 is 1.28 bits per heavy atom. The lowest BCUT2D eigenvalue weighted by Crippen LogP contribution is -2.44. The molecule has 0 aromatic carbocycles. The maximum atomic E-state index is 12.3. The molecule has 0 spiro atoms. The first-order valence-corrected chi connectivity index (χ1v) is 14.4. The van der Waals surface area contributed by atoms with E-state index >= 15 is 0 Å². The van der Waals surface area contributed by atoms with Crippen molar-refractivity contribution in [2.45, 2.75) is 82.4 Å². The number of aliphatic hydroxyl groups is 1. The molecule has 5 atom stereocenters. The summed E-state index contributed by atoms with van der Waals surface area (Å²) in [7, 11) is -2.15. The van der Waals surface area contributed by atoms with E-state index in [9.17, 15) is 19.5 Å². The Bertz CT molecular complexity index is 921. The van der Waals surface area contributed by atoms with Gasteiger partial charge in [-0.25, -0.2) is 9.59 Å². The average molecular weight is 469 g/mol. The van der Waals surface area contributed by atoms with Crippen LogP contribution in [-0.4, -0.2) is 60.2 Å². The number of aliphatic hydroxyl groups excluding tert-OH is 1. The lowest BCUT2D eigenvalue weighted by atomic mass is 10.0. The number of aromatic amines is 1. The van der Waals surface area contributed by atoms with Crippen LogP contribution in [0.5, 0.6) is 0 Å². The molecule has 11 heteroatoms. The quantitative estimate of drug-likeness (QED) is 0.369. The number of aromatic nitrogens is 2. The molecule has 2 heterocycles. The van der Waals surface area contributed by atoms with Gasteiger partial charge < -0.3 is 23.7 Å². The smallest absolute Gasteiger partial charge is 0.431 e. The van der Waals surface area contributed by atoms with Gasteiger partial charge in [0, 0.05) is 12.3 Å². The van der Waals surface area contributed by atoms with Crippen LogP contribution in [0.15, 0.2) is 34.0 Å². The third kappa shape index (κ3) is 6.64. The third-order valence-electron chi connectivity index (χ3n) is 5.25. The van der Waals surface area contributed by atoms with Crippen LogP contribution in [0, 0.1) is 0 Å². The van der Waals surface area contributed by atoms with Crippen LogP contribution in [-0.2, 0) is 18.6 Å². The largest absolute Gasteiger partial charge is 0.508 e. The Hall–Kier alpha value is -2.21. The van der Waals surface area contributed by atoms with Crippen molar-refractivity contribution in [2.75, 3.05) is 6.61 Å². The lowest BCUT2D eigenvalue weighted by Gasteiger charge is -2.29. The Morgan fingerprint density at radius 2 is 2.06 bits per heavy atom. The number of hydrogen-bond donors (Lipinski definition) is 2. The zero-order valence-electron chi connectivity index (χ0n) is 18.7. The molecule has 0 amide bonds. The number of rotatable bonds is 6. The van der Waals surface area contributed by atoms with Gasteiger partial charge in [-0.05, 0) is 51.4 Å². The molecule has 1 fully saturated rings. The molecule has 0 bridgehead atoms. The van der Waals surface area contributed by atoms with Crippen LogP contribution in [0.25, 0.3) is 0 Å². The van der Waals surface area contributed by atoms with Crippen LogP contribution < -0.4 is 11.2 Å². The first-order valence-electron chi connectivity index (χ1n) is 11.0. The molecule has 32 heavy (non-hydrogen) atoms. The van der Waals surface area contributed by atoms with E-state index in [1.807, 2.05) is 31.8 Å². The average Bonchev–Trinajstić information content (AvgIpc) is 2.96. The number of carbonyl (C=O) groups excluding carboxylic acids is 1. The van der Waals surface area contributed by atoms with Crippen LogP contribution in [0.4, 0.5) is 4.79 Å². The molecule has 1 aliphatic carbocycles. The number of nitrogens with one attached hydrogen (secondary N) is 1. The van der Waals surface area contributed by atoms with E-state index in [4.69, 9.17) is 18.6 Å². The topological polar surface area (TPSA) is 129 Å². The summed E-state index contributed by atoms with van der Waals surface area (Å²) in [6, 6.07) is 1.19. The summed E-state index contributed by atoms with van der Waals surface area (Å²) >= 11 is 0. The standard InChI is InChI=1S/C21H32N2O8Si/c1-32(2,3)31-18-17(25)15(30-19(18)23-12-11-16(24)22-20(23)26)13-28-21(27)29-14-9-7-5-4-6-8-10-14/h7,9,11-12,14-15,17-19,25H,4-6,8,10,13H2,1-3H3,(H,22,24,26)/b9-7+/t14?,15-,17-,18?,19-/m1/s1. The second-order valence-corrected chi connectivity index (χ2v) is 13.5. The van der Waals surface area contributed by atoms with Crippen molar-refractivity contribution in [3.05, 3.63) is 45.3 Å². The summed E-state index contributed by atoms with van der Waals surface area (Å²) in [5, 5.41) is 10.8. The lowest BCUT2D eigenvalue weighted by molar-refractivity contribution is -0.0653. The van der Waals surface area contributed by atoms with Crippen molar-refractivity contribution in [3.8, 4) is 0 Å². The maximum absolute atomic E-state index is 12.3. The summed E-state index contributed by atoms with van der Waals surface area (Å²) < 4.78 is 23.7. The zero-order valence-corrected chi connectivity index (χ0v) is 19.7. The van der Waals surface area contributed by atoms with E-state index in [0.29, 0.717) is 0 Å². The molecule has 10 nitrogen and oxygen atoms in total. The fraction of sp³-hybridized carbons (Fsp3) is 0.667. The third-order valence-corrected chi connectivity index (χ3v) is 6.23. The summed E-state index contributed by atoms with van der Waals surface area (Å²) in [4.78, 5) is 38.1. The Kier molecular flexibility index (Phi) is 8.09. The summed E-state index contributed by atoms with van der Waals surface area (Å²) in [5.41, 5.74) is -1.23. The molecule has 2 N–H and O–H groups in total. The van der Waals surface area contributed by atoms with E-state index in [2.05, 4.69) is 4.98 Å². The number of H-pyrrole nitrogens is 1. The maximum Gasteiger partial charge on any atom is 0.508 e. The number of ether oxygens (including phenoxy) is 3. The summed E-state index contributed by atoms with van der Waals surface area (Å²) in [5.74, 6) is 0. The van der Waals surface area contributed by atoms with E-state index in [1.54, 1.807) is 0 Å². The van der Waals surface area contributed by atoms with E-state index in [0.717, 1.165) is 36.7 Å². The zero-order chi connectivity index (χ0) is 23.3. The highest BCUT2D eigenvalue weighted by atomic mass is 28.4. The first-order chi connectivity index (χ1) is 15.1. The van der Waals surface area contributed by atoms with E-state index in [1.165, 1.54) is 12.3 Å². The van der Waals surface area contributed by atoms with Crippen molar-refractivity contribution < 1.29 is 28.5 Å². The predicted octanol–water partition coefficient (Wildman–Crippen LogP) is 2.06. The van der Waals surface area contributed by atoms with Crippen LogP contribution in [0.2, 0.25) is 19.6 Å². The predicted molar refractivity (Wildman–Crippen MR) is 118 cm³/mol. The van der Waals surface area contributed by atoms with Crippen LogP contribution >= 0.6 is 0 Å².